The number of rotatable bonds is 6. The lowest BCUT2D eigenvalue weighted by molar-refractivity contribution is -0.137. The van der Waals surface area contributed by atoms with E-state index in [-0.39, 0.29) is 17.1 Å². The van der Waals surface area contributed by atoms with E-state index in [9.17, 15) is 31.5 Å². The van der Waals surface area contributed by atoms with Gasteiger partial charge in [0.1, 0.15) is 23.1 Å². The Bertz CT molecular complexity index is 1200. The molecule has 0 bridgehead atoms. The molecule has 9 heteroatoms. The molecule has 0 heterocycles. The van der Waals surface area contributed by atoms with Gasteiger partial charge in [-0.15, -0.1) is 0 Å². The van der Waals surface area contributed by atoms with Gasteiger partial charge in [-0.1, -0.05) is 6.07 Å². The molecule has 32 heavy (non-hydrogen) atoms. The van der Waals surface area contributed by atoms with Crippen LogP contribution in [0, 0.1) is 18.6 Å². The molecule has 3 rings (SSSR count). The summed E-state index contributed by atoms with van der Waals surface area (Å²) in [5.41, 5.74) is -1.72. The molecule has 1 N–H and O–H groups in total. The molecule has 3 aromatic rings. The summed E-state index contributed by atoms with van der Waals surface area (Å²) in [7, 11) is 0. The van der Waals surface area contributed by atoms with Crippen molar-refractivity contribution in [2.45, 2.75) is 19.5 Å². The zero-order valence-corrected chi connectivity index (χ0v) is 16.5. The van der Waals surface area contributed by atoms with Gasteiger partial charge >= 0.3 is 12.1 Å². The minimum Gasteiger partial charge on any atom is -0.478 e. The fourth-order valence-electron chi connectivity index (χ4n) is 2.99. The topological polar surface area (TPSA) is 63.6 Å². The summed E-state index contributed by atoms with van der Waals surface area (Å²) in [6, 6.07) is 8.83. The number of carbonyl (C=O) groups is 2. The van der Waals surface area contributed by atoms with Crippen molar-refractivity contribution in [1.82, 2.24) is 0 Å². The number of carboxylic acids is 1. The van der Waals surface area contributed by atoms with Crippen molar-refractivity contribution in [2.75, 3.05) is 0 Å². The lowest BCUT2D eigenvalue weighted by atomic mass is 9.98. The largest absolute Gasteiger partial charge is 0.478 e. The third-order valence-electron chi connectivity index (χ3n) is 4.59. The smallest absolute Gasteiger partial charge is 0.416 e. The number of benzene rings is 3. The Morgan fingerprint density at radius 3 is 2.22 bits per heavy atom. The number of hydrogen-bond donors (Lipinski definition) is 1. The van der Waals surface area contributed by atoms with Crippen molar-refractivity contribution >= 4 is 11.8 Å². The van der Waals surface area contributed by atoms with Gasteiger partial charge in [0.2, 0.25) is 0 Å². The van der Waals surface area contributed by atoms with E-state index in [1.54, 1.807) is 0 Å². The third kappa shape index (κ3) is 5.11. The van der Waals surface area contributed by atoms with Crippen molar-refractivity contribution in [3.05, 3.63) is 94.0 Å². The summed E-state index contributed by atoms with van der Waals surface area (Å²) < 4.78 is 72.2. The molecule has 0 saturated carbocycles. The fraction of sp³-hybridized carbons (Fsp3) is 0.130. The van der Waals surface area contributed by atoms with E-state index in [1.807, 2.05) is 0 Å². The number of aryl methyl sites for hydroxylation is 1. The quantitative estimate of drug-likeness (QED) is 0.358. The first-order chi connectivity index (χ1) is 15.0. The van der Waals surface area contributed by atoms with Gasteiger partial charge in [-0.05, 0) is 66.6 Å². The highest BCUT2D eigenvalue weighted by molar-refractivity contribution is 6.00. The van der Waals surface area contributed by atoms with Crippen molar-refractivity contribution in [2.24, 2.45) is 0 Å². The van der Waals surface area contributed by atoms with Crippen LogP contribution >= 0.6 is 0 Å². The summed E-state index contributed by atoms with van der Waals surface area (Å²) >= 11 is 0. The lowest BCUT2D eigenvalue weighted by Crippen LogP contribution is -2.11. The minimum absolute atomic E-state index is 0.0927. The molecule has 0 radical (unpaired) electrons. The number of carboxylic acid groups (broad SMARTS) is 1. The number of Topliss-reactive ketones (excluding diaryl/α,β-unsaturated/α-hetero) is 1. The number of halogens is 5. The van der Waals surface area contributed by atoms with Crippen LogP contribution in [0.1, 0.15) is 37.4 Å². The number of carbonyl (C=O) groups excluding carboxylic acids is 1. The van der Waals surface area contributed by atoms with Crippen molar-refractivity contribution in [3.8, 4) is 11.5 Å². The molecule has 0 atom stereocenters. The standard InChI is InChI=1S/C23H15F5O4/c1-12-8-15(24)4-7-20(12)32-21-6-3-14(23(26,27)28)11-17(21)19(29)10-13-2-5-18(25)16(9-13)22(30)31/h2-9,11H,10H2,1H3,(H,30,31). The predicted octanol–water partition coefficient (Wildman–Crippen LogP) is 6.21. The van der Waals surface area contributed by atoms with E-state index in [0.717, 1.165) is 42.5 Å². The van der Waals surface area contributed by atoms with Crippen LogP contribution in [0.25, 0.3) is 0 Å². The maximum atomic E-state index is 13.6. The Balaban J connectivity index is 2.01. The maximum absolute atomic E-state index is 13.6. The Labute approximate surface area is 178 Å². The average Bonchev–Trinajstić information content (AvgIpc) is 2.70. The molecule has 0 spiro atoms. The van der Waals surface area contributed by atoms with Gasteiger partial charge in [0.25, 0.3) is 0 Å². The molecule has 0 aliphatic carbocycles. The molecule has 0 saturated heterocycles. The van der Waals surface area contributed by atoms with E-state index in [0.29, 0.717) is 11.6 Å². The Morgan fingerprint density at radius 2 is 1.59 bits per heavy atom. The van der Waals surface area contributed by atoms with E-state index >= 15 is 0 Å². The van der Waals surface area contributed by atoms with Crippen molar-refractivity contribution in [1.29, 1.82) is 0 Å². The van der Waals surface area contributed by atoms with Crippen molar-refractivity contribution in [3.63, 3.8) is 0 Å². The molecule has 0 fully saturated rings. The Kier molecular flexibility index (Phi) is 6.29. The molecule has 166 valence electrons. The second kappa shape index (κ2) is 8.78. The van der Waals surface area contributed by atoms with Gasteiger partial charge in [-0.25, -0.2) is 13.6 Å². The summed E-state index contributed by atoms with van der Waals surface area (Å²) in [6.07, 6.45) is -5.23. The second-order valence-corrected chi connectivity index (χ2v) is 6.94. The summed E-state index contributed by atoms with van der Waals surface area (Å²) in [6.45, 7) is 1.52. The molecule has 0 unspecified atom stereocenters. The molecular weight excluding hydrogens is 435 g/mol. The molecule has 4 nitrogen and oxygen atoms in total. The van der Waals surface area contributed by atoms with Crippen LogP contribution < -0.4 is 4.74 Å². The van der Waals surface area contributed by atoms with Crippen LogP contribution in [0.15, 0.2) is 54.6 Å². The molecule has 0 amide bonds. The molecule has 0 aromatic heterocycles. The molecule has 3 aromatic carbocycles. The number of alkyl halides is 3. The van der Waals surface area contributed by atoms with E-state index in [2.05, 4.69) is 0 Å². The SMILES string of the molecule is Cc1cc(F)ccc1Oc1ccc(C(F)(F)F)cc1C(=O)Cc1ccc(F)c(C(=O)O)c1. The summed E-state index contributed by atoms with van der Waals surface area (Å²) in [4.78, 5) is 24.0. The fourth-order valence-corrected chi connectivity index (χ4v) is 2.99. The van der Waals surface area contributed by atoms with Crippen LogP contribution in [0.3, 0.4) is 0 Å². The number of ether oxygens (including phenoxy) is 1. The Hall–Kier alpha value is -3.75. The van der Waals surface area contributed by atoms with E-state index < -0.39 is 52.7 Å². The number of aromatic carboxylic acids is 1. The highest BCUT2D eigenvalue weighted by atomic mass is 19.4. The molecular formula is C23H15F5O4. The number of ketones is 1. The van der Waals surface area contributed by atoms with Crippen LogP contribution in [0.5, 0.6) is 11.5 Å². The first-order valence-electron chi connectivity index (χ1n) is 9.16. The van der Waals surface area contributed by atoms with Gasteiger partial charge < -0.3 is 9.84 Å². The van der Waals surface area contributed by atoms with Crippen LogP contribution in [0.4, 0.5) is 22.0 Å². The van der Waals surface area contributed by atoms with Gasteiger partial charge in [0.05, 0.1) is 16.7 Å². The van der Waals surface area contributed by atoms with Gasteiger partial charge in [-0.3, -0.25) is 4.79 Å². The van der Waals surface area contributed by atoms with Crippen LogP contribution in [-0.2, 0) is 12.6 Å². The highest BCUT2D eigenvalue weighted by Gasteiger charge is 2.32. The van der Waals surface area contributed by atoms with Crippen LogP contribution in [-0.4, -0.2) is 16.9 Å². The normalized spacial score (nSPS) is 11.3. The van der Waals surface area contributed by atoms with Gasteiger partial charge in [-0.2, -0.15) is 13.2 Å². The monoisotopic (exact) mass is 450 g/mol. The Morgan fingerprint density at radius 1 is 0.906 bits per heavy atom. The number of hydrogen-bond acceptors (Lipinski definition) is 3. The highest BCUT2D eigenvalue weighted by Crippen LogP contribution is 2.35. The molecule has 0 aliphatic heterocycles. The zero-order valence-electron chi connectivity index (χ0n) is 16.5. The van der Waals surface area contributed by atoms with Crippen LogP contribution in [0.2, 0.25) is 0 Å². The summed E-state index contributed by atoms with van der Waals surface area (Å²) in [5, 5.41) is 9.02. The van der Waals surface area contributed by atoms with Gasteiger partial charge in [0.15, 0.2) is 5.78 Å². The molecule has 0 aliphatic rings. The zero-order chi connectivity index (χ0) is 23.6. The van der Waals surface area contributed by atoms with Crippen molar-refractivity contribution < 1.29 is 41.4 Å². The first kappa shape index (κ1) is 22.9. The second-order valence-electron chi connectivity index (χ2n) is 6.94. The third-order valence-corrected chi connectivity index (χ3v) is 4.59. The predicted molar refractivity (Wildman–Crippen MR) is 104 cm³/mol. The van der Waals surface area contributed by atoms with Gasteiger partial charge in [0, 0.05) is 6.42 Å². The maximum Gasteiger partial charge on any atom is 0.416 e. The summed E-state index contributed by atoms with van der Waals surface area (Å²) in [5.74, 6) is -3.97. The van der Waals surface area contributed by atoms with E-state index in [1.165, 1.54) is 13.0 Å². The average molecular weight is 450 g/mol. The lowest BCUT2D eigenvalue weighted by Gasteiger charge is -2.15. The first-order valence-corrected chi connectivity index (χ1v) is 9.16. The van der Waals surface area contributed by atoms with E-state index in [4.69, 9.17) is 9.84 Å². The minimum atomic E-state index is -4.73.